The fourth-order valence-corrected chi connectivity index (χ4v) is 3.72. The average Bonchev–Trinajstić information content (AvgIpc) is 2.78. The number of nitrogens with zero attached hydrogens (tertiary/aromatic N) is 5. The summed E-state index contributed by atoms with van der Waals surface area (Å²) in [5.74, 6) is -1.66. The summed E-state index contributed by atoms with van der Waals surface area (Å²) >= 11 is 0. The van der Waals surface area contributed by atoms with Gasteiger partial charge in [-0.3, -0.25) is 14.9 Å². The maximum atomic E-state index is 13.0. The van der Waals surface area contributed by atoms with Crippen LogP contribution in [0.4, 0.5) is 4.79 Å². The highest BCUT2D eigenvalue weighted by Gasteiger charge is 2.51. The SMILES string of the molecule is CN1C(=O)C(C2C(c3ccccc3)=NN=C(c3ccccc3)N2O)C(O)N(C)C1=O. The first-order chi connectivity index (χ1) is 14.4. The van der Waals surface area contributed by atoms with Crippen LogP contribution in [0.3, 0.4) is 0 Å². The Kier molecular flexibility index (Phi) is 5.06. The summed E-state index contributed by atoms with van der Waals surface area (Å²) in [5, 5.41) is 31.3. The number of carbonyl (C=O) groups is 2. The zero-order valence-corrected chi connectivity index (χ0v) is 16.5. The van der Waals surface area contributed by atoms with Crippen LogP contribution in [0.2, 0.25) is 0 Å². The van der Waals surface area contributed by atoms with Gasteiger partial charge in [0.1, 0.15) is 18.2 Å². The molecule has 2 heterocycles. The molecule has 0 radical (unpaired) electrons. The third kappa shape index (κ3) is 3.14. The Morgan fingerprint density at radius 1 is 0.867 bits per heavy atom. The van der Waals surface area contributed by atoms with Crippen LogP contribution in [0.25, 0.3) is 0 Å². The molecule has 0 aliphatic carbocycles. The topological polar surface area (TPSA) is 109 Å². The molecule has 2 aliphatic rings. The Hall–Kier alpha value is -3.56. The highest BCUT2D eigenvalue weighted by Crippen LogP contribution is 2.30. The standard InChI is InChI=1S/C21H21N5O4/c1-24-19(27)15(20(28)25(2)21(24)29)17-16(13-9-5-3-6-10-13)22-23-18(26(17)30)14-11-7-4-8-12-14/h3-12,15,17,19,27,30H,1-2H3. The van der Waals surface area contributed by atoms with Crippen LogP contribution in [-0.4, -0.2) is 75.0 Å². The van der Waals surface area contributed by atoms with Crippen LogP contribution in [0, 0.1) is 5.92 Å². The summed E-state index contributed by atoms with van der Waals surface area (Å²) in [5.41, 5.74) is 1.54. The summed E-state index contributed by atoms with van der Waals surface area (Å²) in [6, 6.07) is 16.2. The van der Waals surface area contributed by atoms with Crippen molar-refractivity contribution in [3.8, 4) is 0 Å². The third-order valence-electron chi connectivity index (χ3n) is 5.38. The number of amides is 3. The van der Waals surface area contributed by atoms with Gasteiger partial charge >= 0.3 is 6.03 Å². The summed E-state index contributed by atoms with van der Waals surface area (Å²) in [7, 11) is 2.75. The lowest BCUT2D eigenvalue weighted by atomic mass is 9.86. The van der Waals surface area contributed by atoms with Gasteiger partial charge in [-0.25, -0.2) is 9.86 Å². The number of rotatable bonds is 3. The second kappa shape index (κ2) is 7.69. The van der Waals surface area contributed by atoms with E-state index in [1.165, 1.54) is 14.1 Å². The highest BCUT2D eigenvalue weighted by molar-refractivity contribution is 6.13. The molecule has 3 unspecified atom stereocenters. The van der Waals surface area contributed by atoms with Crippen molar-refractivity contribution in [1.29, 1.82) is 0 Å². The Balaban J connectivity index is 1.85. The molecule has 30 heavy (non-hydrogen) atoms. The van der Waals surface area contributed by atoms with E-state index in [4.69, 9.17) is 0 Å². The molecular formula is C21H21N5O4. The minimum atomic E-state index is -1.45. The van der Waals surface area contributed by atoms with E-state index in [1.807, 2.05) is 12.1 Å². The average molecular weight is 407 g/mol. The first-order valence-corrected chi connectivity index (χ1v) is 9.38. The van der Waals surface area contributed by atoms with Gasteiger partial charge in [0.05, 0.1) is 5.71 Å². The predicted molar refractivity (Wildman–Crippen MR) is 109 cm³/mol. The molecular weight excluding hydrogens is 386 g/mol. The molecule has 2 aromatic carbocycles. The molecule has 9 nitrogen and oxygen atoms in total. The van der Waals surface area contributed by atoms with Crippen LogP contribution in [0.1, 0.15) is 11.1 Å². The number of aliphatic hydroxyl groups is 1. The lowest BCUT2D eigenvalue weighted by Gasteiger charge is -2.44. The molecule has 3 atom stereocenters. The number of hydroxylamine groups is 2. The lowest BCUT2D eigenvalue weighted by molar-refractivity contribution is -0.157. The molecule has 4 rings (SSSR count). The molecule has 0 aromatic heterocycles. The number of hydrogen-bond donors (Lipinski definition) is 2. The molecule has 1 saturated heterocycles. The number of imide groups is 1. The van der Waals surface area contributed by atoms with Crippen molar-refractivity contribution in [2.75, 3.05) is 14.1 Å². The molecule has 0 bridgehead atoms. The van der Waals surface area contributed by atoms with Crippen molar-refractivity contribution in [3.05, 3.63) is 71.8 Å². The fraction of sp³-hybridized carbons (Fsp3) is 0.238. The van der Waals surface area contributed by atoms with E-state index in [0.717, 1.165) is 14.9 Å². The number of urea groups is 1. The number of aliphatic hydroxyl groups excluding tert-OH is 1. The van der Waals surface area contributed by atoms with E-state index < -0.39 is 30.1 Å². The summed E-state index contributed by atoms with van der Waals surface area (Å²) < 4.78 is 0. The van der Waals surface area contributed by atoms with E-state index in [0.29, 0.717) is 16.8 Å². The number of benzene rings is 2. The van der Waals surface area contributed by atoms with Crippen molar-refractivity contribution in [3.63, 3.8) is 0 Å². The van der Waals surface area contributed by atoms with E-state index >= 15 is 0 Å². The molecule has 0 spiro atoms. The molecule has 3 amide bonds. The maximum Gasteiger partial charge on any atom is 0.328 e. The van der Waals surface area contributed by atoms with Crippen molar-refractivity contribution < 1.29 is 19.9 Å². The van der Waals surface area contributed by atoms with Gasteiger partial charge in [-0.05, 0) is 0 Å². The minimum Gasteiger partial charge on any atom is -0.373 e. The van der Waals surface area contributed by atoms with Gasteiger partial charge in [-0.1, -0.05) is 60.7 Å². The quantitative estimate of drug-likeness (QED) is 0.799. The Bertz CT molecular complexity index is 1020. The smallest absolute Gasteiger partial charge is 0.328 e. The van der Waals surface area contributed by atoms with E-state index in [2.05, 4.69) is 10.2 Å². The maximum absolute atomic E-state index is 13.0. The summed E-state index contributed by atoms with van der Waals surface area (Å²) in [6.07, 6.45) is -1.45. The first kappa shape index (κ1) is 19.7. The van der Waals surface area contributed by atoms with Gasteiger partial charge in [-0.15, -0.1) is 5.10 Å². The summed E-state index contributed by atoms with van der Waals surface area (Å²) in [4.78, 5) is 27.3. The second-order valence-electron chi connectivity index (χ2n) is 7.16. The van der Waals surface area contributed by atoms with Crippen molar-refractivity contribution in [2.45, 2.75) is 12.3 Å². The van der Waals surface area contributed by atoms with E-state index in [9.17, 15) is 19.9 Å². The van der Waals surface area contributed by atoms with Gasteiger partial charge in [-0.2, -0.15) is 5.10 Å². The first-order valence-electron chi connectivity index (χ1n) is 9.38. The van der Waals surface area contributed by atoms with Crippen LogP contribution in [0.5, 0.6) is 0 Å². The van der Waals surface area contributed by atoms with Gasteiger partial charge < -0.3 is 10.0 Å². The zero-order chi connectivity index (χ0) is 21.4. The molecule has 1 fully saturated rings. The Labute approximate surface area is 173 Å². The van der Waals surface area contributed by atoms with E-state index in [1.54, 1.807) is 48.5 Å². The fourth-order valence-electron chi connectivity index (χ4n) is 3.72. The van der Waals surface area contributed by atoms with Crippen LogP contribution in [-0.2, 0) is 4.79 Å². The van der Waals surface area contributed by atoms with Crippen LogP contribution < -0.4 is 0 Å². The molecule has 2 aliphatic heterocycles. The van der Waals surface area contributed by atoms with Crippen molar-refractivity contribution >= 4 is 23.5 Å². The van der Waals surface area contributed by atoms with E-state index in [-0.39, 0.29) is 5.84 Å². The van der Waals surface area contributed by atoms with Crippen LogP contribution in [0.15, 0.2) is 70.9 Å². The molecule has 9 heteroatoms. The molecule has 0 saturated carbocycles. The lowest BCUT2D eigenvalue weighted by Crippen LogP contribution is -2.66. The number of amidine groups is 1. The molecule has 154 valence electrons. The third-order valence-corrected chi connectivity index (χ3v) is 5.38. The number of carbonyl (C=O) groups excluding carboxylic acids is 2. The van der Waals surface area contributed by atoms with Gasteiger partial charge in [0.25, 0.3) is 0 Å². The minimum absolute atomic E-state index is 0.141. The Morgan fingerprint density at radius 2 is 1.43 bits per heavy atom. The normalized spacial score (nSPS) is 24.7. The largest absolute Gasteiger partial charge is 0.373 e. The van der Waals surface area contributed by atoms with Crippen molar-refractivity contribution in [1.82, 2.24) is 14.9 Å². The van der Waals surface area contributed by atoms with Crippen molar-refractivity contribution in [2.24, 2.45) is 16.1 Å². The van der Waals surface area contributed by atoms with Gasteiger partial charge in [0.2, 0.25) is 5.91 Å². The Morgan fingerprint density at radius 3 is 2.03 bits per heavy atom. The van der Waals surface area contributed by atoms with Crippen LogP contribution >= 0.6 is 0 Å². The second-order valence-corrected chi connectivity index (χ2v) is 7.16. The zero-order valence-electron chi connectivity index (χ0n) is 16.5. The molecule has 2 N–H and O–H groups in total. The highest BCUT2D eigenvalue weighted by atomic mass is 16.5. The number of hydrogen-bond acceptors (Lipinski definition) is 7. The monoisotopic (exact) mass is 407 g/mol. The van der Waals surface area contributed by atoms with Gasteiger partial charge in [0.15, 0.2) is 5.84 Å². The molecule has 2 aromatic rings. The predicted octanol–water partition coefficient (Wildman–Crippen LogP) is 1.37. The summed E-state index contributed by atoms with van der Waals surface area (Å²) in [6.45, 7) is 0. The van der Waals surface area contributed by atoms with Gasteiger partial charge in [0, 0.05) is 25.2 Å².